The van der Waals surface area contributed by atoms with Crippen LogP contribution in [0.25, 0.3) is 10.8 Å². The molecule has 0 radical (unpaired) electrons. The average molecular weight is 428 g/mol. The number of fused-ring (bicyclic) bond motifs is 1. The van der Waals surface area contributed by atoms with Crippen molar-refractivity contribution in [1.82, 2.24) is 5.32 Å². The lowest BCUT2D eigenvalue weighted by atomic mass is 10.0. The van der Waals surface area contributed by atoms with Crippen LogP contribution in [0.4, 0.5) is 17.1 Å². The van der Waals surface area contributed by atoms with Crippen molar-refractivity contribution in [3.8, 4) is 0 Å². The van der Waals surface area contributed by atoms with Gasteiger partial charge in [0, 0.05) is 30.9 Å². The van der Waals surface area contributed by atoms with Gasteiger partial charge in [0.1, 0.15) is 0 Å². The number of anilines is 2. The van der Waals surface area contributed by atoms with Gasteiger partial charge in [0.2, 0.25) is 10.0 Å². The molecule has 3 N–H and O–H groups in total. The van der Waals surface area contributed by atoms with Gasteiger partial charge < -0.3 is 10.6 Å². The molecule has 9 nitrogen and oxygen atoms in total. The van der Waals surface area contributed by atoms with Crippen LogP contribution in [0.15, 0.2) is 60.7 Å². The first-order valence-corrected chi connectivity index (χ1v) is 10.9. The maximum absolute atomic E-state index is 12.7. The van der Waals surface area contributed by atoms with Gasteiger partial charge in [-0.1, -0.05) is 24.3 Å². The first kappa shape index (κ1) is 21.1. The Bertz CT molecular complexity index is 1190. The quantitative estimate of drug-likeness (QED) is 0.287. The smallest absolute Gasteiger partial charge is 0.269 e. The first-order valence-electron chi connectivity index (χ1n) is 9.00. The van der Waals surface area contributed by atoms with Crippen LogP contribution in [0, 0.1) is 10.1 Å². The van der Waals surface area contributed by atoms with Crippen LogP contribution in [0.1, 0.15) is 10.4 Å². The fourth-order valence-electron chi connectivity index (χ4n) is 2.89. The number of benzene rings is 3. The number of carbonyl (C=O) groups is 1. The molecule has 0 aliphatic carbocycles. The van der Waals surface area contributed by atoms with Gasteiger partial charge in [0.15, 0.2) is 0 Å². The lowest BCUT2D eigenvalue weighted by Gasteiger charge is -2.13. The Morgan fingerprint density at radius 3 is 2.23 bits per heavy atom. The molecule has 0 aliphatic heterocycles. The number of rotatable bonds is 8. The van der Waals surface area contributed by atoms with E-state index in [0.29, 0.717) is 12.2 Å². The molecule has 3 rings (SSSR count). The molecule has 0 saturated carbocycles. The van der Waals surface area contributed by atoms with Crippen LogP contribution < -0.4 is 15.4 Å². The number of nitro benzene ring substituents is 1. The maximum atomic E-state index is 12.7. The van der Waals surface area contributed by atoms with E-state index in [2.05, 4.69) is 15.4 Å². The van der Waals surface area contributed by atoms with Gasteiger partial charge in [0.25, 0.3) is 11.6 Å². The second kappa shape index (κ2) is 8.78. The summed E-state index contributed by atoms with van der Waals surface area (Å²) in [6.07, 6.45) is 1.03. The number of hydrogen-bond acceptors (Lipinski definition) is 6. The molecular formula is C20H20N4O5S. The SMILES string of the molecule is CS(=O)(=O)Nc1cc2ccccc2cc1C(=O)NCCNc1ccc([N+](=O)[O-])cc1. The van der Waals surface area contributed by atoms with Gasteiger partial charge >= 0.3 is 0 Å². The molecule has 10 heteroatoms. The van der Waals surface area contributed by atoms with E-state index in [-0.39, 0.29) is 23.5 Å². The fourth-order valence-corrected chi connectivity index (χ4v) is 3.46. The number of hydrogen-bond donors (Lipinski definition) is 3. The summed E-state index contributed by atoms with van der Waals surface area (Å²) in [5.41, 5.74) is 1.10. The van der Waals surface area contributed by atoms with E-state index in [0.717, 1.165) is 17.0 Å². The van der Waals surface area contributed by atoms with Gasteiger partial charge in [0.05, 0.1) is 22.4 Å². The Balaban J connectivity index is 1.68. The minimum absolute atomic E-state index is 0.00365. The normalized spacial score (nSPS) is 11.1. The molecule has 3 aromatic carbocycles. The van der Waals surface area contributed by atoms with E-state index in [1.54, 1.807) is 24.3 Å². The third-order valence-corrected chi connectivity index (χ3v) is 4.83. The van der Waals surface area contributed by atoms with Gasteiger partial charge in [-0.05, 0) is 35.0 Å². The number of nitro groups is 1. The molecule has 0 spiro atoms. The highest BCUT2D eigenvalue weighted by molar-refractivity contribution is 7.92. The predicted octanol–water partition coefficient (Wildman–Crippen LogP) is 2.96. The number of carbonyl (C=O) groups excluding carboxylic acids is 1. The molecule has 0 heterocycles. The van der Waals surface area contributed by atoms with Crippen molar-refractivity contribution >= 4 is 43.8 Å². The van der Waals surface area contributed by atoms with Crippen molar-refractivity contribution in [1.29, 1.82) is 0 Å². The van der Waals surface area contributed by atoms with E-state index in [9.17, 15) is 23.3 Å². The average Bonchev–Trinajstić information content (AvgIpc) is 2.69. The molecule has 0 saturated heterocycles. The molecule has 30 heavy (non-hydrogen) atoms. The summed E-state index contributed by atoms with van der Waals surface area (Å²) in [6, 6.07) is 16.5. The Hall–Kier alpha value is -3.66. The zero-order chi connectivity index (χ0) is 21.7. The van der Waals surface area contributed by atoms with Crippen LogP contribution in [-0.4, -0.2) is 38.6 Å². The molecule has 1 amide bonds. The third kappa shape index (κ3) is 5.45. The minimum atomic E-state index is -3.56. The Kier molecular flexibility index (Phi) is 6.17. The zero-order valence-corrected chi connectivity index (χ0v) is 16.9. The largest absolute Gasteiger partial charge is 0.383 e. The summed E-state index contributed by atoms with van der Waals surface area (Å²) in [4.78, 5) is 22.9. The van der Waals surface area contributed by atoms with Crippen molar-refractivity contribution in [2.45, 2.75) is 0 Å². The molecule has 0 aromatic heterocycles. The van der Waals surface area contributed by atoms with Crippen molar-refractivity contribution in [2.24, 2.45) is 0 Å². The molecule has 156 valence electrons. The number of amides is 1. The van der Waals surface area contributed by atoms with Crippen LogP contribution in [0.3, 0.4) is 0 Å². The van der Waals surface area contributed by atoms with E-state index >= 15 is 0 Å². The molecule has 3 aromatic rings. The summed E-state index contributed by atoms with van der Waals surface area (Å²) < 4.78 is 25.8. The molecule has 0 aliphatic rings. The topological polar surface area (TPSA) is 130 Å². The van der Waals surface area contributed by atoms with Crippen molar-refractivity contribution in [3.63, 3.8) is 0 Å². The third-order valence-electron chi connectivity index (χ3n) is 4.24. The molecular weight excluding hydrogens is 408 g/mol. The maximum Gasteiger partial charge on any atom is 0.269 e. The Morgan fingerprint density at radius 2 is 1.63 bits per heavy atom. The van der Waals surface area contributed by atoms with Crippen molar-refractivity contribution in [3.05, 3.63) is 76.3 Å². The molecule has 0 fully saturated rings. The monoisotopic (exact) mass is 428 g/mol. The number of nitrogens with one attached hydrogen (secondary N) is 3. The minimum Gasteiger partial charge on any atom is -0.383 e. The van der Waals surface area contributed by atoms with Crippen molar-refractivity contribution < 1.29 is 18.1 Å². The van der Waals surface area contributed by atoms with E-state index in [4.69, 9.17) is 0 Å². The fraction of sp³-hybridized carbons (Fsp3) is 0.150. The highest BCUT2D eigenvalue weighted by Crippen LogP contribution is 2.25. The first-order chi connectivity index (χ1) is 14.2. The highest BCUT2D eigenvalue weighted by atomic mass is 32.2. The van der Waals surface area contributed by atoms with Gasteiger partial charge in [-0.15, -0.1) is 0 Å². The lowest BCUT2D eigenvalue weighted by molar-refractivity contribution is -0.384. The predicted molar refractivity (Wildman–Crippen MR) is 116 cm³/mol. The summed E-state index contributed by atoms with van der Waals surface area (Å²) in [6.45, 7) is 0.646. The van der Waals surface area contributed by atoms with E-state index in [1.807, 2.05) is 24.3 Å². The summed E-state index contributed by atoms with van der Waals surface area (Å²) in [7, 11) is -3.56. The number of nitrogens with zero attached hydrogens (tertiary/aromatic N) is 1. The zero-order valence-electron chi connectivity index (χ0n) is 16.1. The van der Waals surface area contributed by atoms with Gasteiger partial charge in [-0.25, -0.2) is 8.42 Å². The summed E-state index contributed by atoms with van der Waals surface area (Å²) in [5.74, 6) is -0.419. The van der Waals surface area contributed by atoms with Crippen molar-refractivity contribution in [2.75, 3.05) is 29.4 Å². The Morgan fingerprint density at radius 1 is 1.00 bits per heavy atom. The number of non-ortho nitro benzene ring substituents is 1. The molecule has 0 bridgehead atoms. The van der Waals surface area contributed by atoms with Crippen LogP contribution in [-0.2, 0) is 10.0 Å². The van der Waals surface area contributed by atoms with Gasteiger partial charge in [-0.2, -0.15) is 0 Å². The second-order valence-electron chi connectivity index (χ2n) is 6.61. The van der Waals surface area contributed by atoms with Crippen LogP contribution in [0.5, 0.6) is 0 Å². The highest BCUT2D eigenvalue weighted by Gasteiger charge is 2.15. The Labute approximate surface area is 173 Å². The molecule has 0 atom stereocenters. The summed E-state index contributed by atoms with van der Waals surface area (Å²) in [5, 5.41) is 18.1. The van der Waals surface area contributed by atoms with Crippen LogP contribution >= 0.6 is 0 Å². The van der Waals surface area contributed by atoms with Gasteiger partial charge in [-0.3, -0.25) is 19.6 Å². The summed E-state index contributed by atoms with van der Waals surface area (Å²) >= 11 is 0. The van der Waals surface area contributed by atoms with Crippen LogP contribution in [0.2, 0.25) is 0 Å². The van der Waals surface area contributed by atoms with E-state index < -0.39 is 20.9 Å². The number of sulfonamides is 1. The second-order valence-corrected chi connectivity index (χ2v) is 8.35. The standard InChI is InChI=1S/C20H20N4O5S/c1-30(28,29)23-19-13-15-5-3-2-4-14(15)12-18(19)20(25)22-11-10-21-16-6-8-17(9-7-16)24(26)27/h2-9,12-13,21,23H,10-11H2,1H3,(H,22,25). The lowest BCUT2D eigenvalue weighted by Crippen LogP contribution is -2.29. The molecule has 0 unspecified atom stereocenters. The van der Waals surface area contributed by atoms with E-state index in [1.165, 1.54) is 12.1 Å².